The lowest BCUT2D eigenvalue weighted by molar-refractivity contribution is -0.138. The second-order valence-electron chi connectivity index (χ2n) is 6.79. The van der Waals surface area contributed by atoms with Crippen molar-refractivity contribution >= 4 is 31.9 Å². The van der Waals surface area contributed by atoms with Gasteiger partial charge in [-0.15, -0.1) is 0 Å². The monoisotopic (exact) mass is 429 g/mol. The average Bonchev–Trinajstić information content (AvgIpc) is 2.62. The molecule has 0 aliphatic carbocycles. The van der Waals surface area contributed by atoms with E-state index in [0.29, 0.717) is 6.54 Å². The maximum Gasteiger partial charge on any atom is 0.243 e. The maximum absolute atomic E-state index is 12.9. The van der Waals surface area contributed by atoms with Gasteiger partial charge in [0.15, 0.2) is 0 Å². The molecule has 25 heavy (non-hydrogen) atoms. The van der Waals surface area contributed by atoms with Crippen molar-refractivity contribution < 1.29 is 13.2 Å². The molecule has 2 saturated heterocycles. The van der Waals surface area contributed by atoms with Crippen LogP contribution in [0, 0.1) is 5.92 Å². The van der Waals surface area contributed by atoms with Crippen LogP contribution in [0.25, 0.3) is 0 Å². The number of piperidine rings is 1. The van der Waals surface area contributed by atoms with Crippen LogP contribution in [-0.4, -0.2) is 74.7 Å². The fourth-order valence-electron chi connectivity index (χ4n) is 3.42. The van der Waals surface area contributed by atoms with Crippen LogP contribution in [0.5, 0.6) is 0 Å². The Kier molecular flexibility index (Phi) is 5.82. The number of rotatable bonds is 3. The average molecular weight is 430 g/mol. The molecule has 6 nitrogen and oxygen atoms in total. The van der Waals surface area contributed by atoms with Crippen LogP contribution in [-0.2, 0) is 14.8 Å². The molecule has 0 radical (unpaired) electrons. The molecular weight excluding hydrogens is 406 g/mol. The van der Waals surface area contributed by atoms with E-state index in [-0.39, 0.29) is 23.3 Å². The van der Waals surface area contributed by atoms with Gasteiger partial charge in [0.2, 0.25) is 15.9 Å². The lowest BCUT2D eigenvalue weighted by Crippen LogP contribution is -2.52. The van der Waals surface area contributed by atoms with Crippen LogP contribution in [0.2, 0.25) is 0 Å². The molecule has 138 valence electrons. The van der Waals surface area contributed by atoms with Crippen LogP contribution >= 0.6 is 15.9 Å². The number of hydrogen-bond acceptors (Lipinski definition) is 4. The van der Waals surface area contributed by atoms with Crippen molar-refractivity contribution in [2.24, 2.45) is 5.92 Å². The van der Waals surface area contributed by atoms with Gasteiger partial charge in [0.25, 0.3) is 0 Å². The zero-order chi connectivity index (χ0) is 18.0. The number of amides is 1. The molecule has 1 unspecified atom stereocenters. The van der Waals surface area contributed by atoms with Gasteiger partial charge in [-0.2, -0.15) is 4.31 Å². The first-order valence-electron chi connectivity index (χ1n) is 8.61. The molecule has 1 aromatic carbocycles. The van der Waals surface area contributed by atoms with E-state index in [4.69, 9.17) is 0 Å². The Morgan fingerprint density at radius 1 is 1.16 bits per heavy atom. The summed E-state index contributed by atoms with van der Waals surface area (Å²) in [4.78, 5) is 17.2. The maximum atomic E-state index is 12.9. The van der Waals surface area contributed by atoms with E-state index in [0.717, 1.165) is 43.5 Å². The minimum absolute atomic E-state index is 0.0993. The first-order chi connectivity index (χ1) is 11.9. The lowest BCUT2D eigenvalue weighted by Gasteiger charge is -2.37. The van der Waals surface area contributed by atoms with Crippen LogP contribution < -0.4 is 0 Å². The standard InChI is InChI=1S/C17H24BrN3O3S/c1-19-8-10-20(11-9-19)17(22)14-4-3-7-21(13-14)25(23,24)16-6-2-5-15(18)12-16/h2,5-6,12,14H,3-4,7-11,13H2,1H3. The predicted molar refractivity (Wildman–Crippen MR) is 99.7 cm³/mol. The van der Waals surface area contributed by atoms with Crippen molar-refractivity contribution in [2.75, 3.05) is 46.3 Å². The van der Waals surface area contributed by atoms with Gasteiger partial charge >= 0.3 is 0 Å². The molecule has 0 bridgehead atoms. The van der Waals surface area contributed by atoms with Crippen molar-refractivity contribution in [3.8, 4) is 0 Å². The van der Waals surface area contributed by atoms with Gasteiger partial charge in [0, 0.05) is 43.7 Å². The minimum atomic E-state index is -3.57. The third-order valence-electron chi connectivity index (χ3n) is 4.98. The lowest BCUT2D eigenvalue weighted by atomic mass is 9.98. The summed E-state index contributed by atoms with van der Waals surface area (Å²) in [5, 5.41) is 0. The number of carbonyl (C=O) groups is 1. The molecule has 2 aliphatic rings. The quantitative estimate of drug-likeness (QED) is 0.732. The molecule has 3 rings (SSSR count). The molecule has 2 fully saturated rings. The summed E-state index contributed by atoms with van der Waals surface area (Å²) in [6.45, 7) is 3.95. The van der Waals surface area contributed by atoms with Gasteiger partial charge in [-0.3, -0.25) is 4.79 Å². The van der Waals surface area contributed by atoms with Gasteiger partial charge in [-0.1, -0.05) is 22.0 Å². The molecule has 1 aromatic rings. The summed E-state index contributed by atoms with van der Waals surface area (Å²) < 4.78 is 28.0. The van der Waals surface area contributed by atoms with Crippen molar-refractivity contribution in [3.63, 3.8) is 0 Å². The molecule has 8 heteroatoms. The van der Waals surface area contributed by atoms with Crippen molar-refractivity contribution in [2.45, 2.75) is 17.7 Å². The van der Waals surface area contributed by atoms with Gasteiger partial charge in [-0.05, 0) is 38.1 Å². The highest BCUT2D eigenvalue weighted by Crippen LogP contribution is 2.26. The topological polar surface area (TPSA) is 60.9 Å². The number of halogens is 1. The van der Waals surface area contributed by atoms with Crippen LogP contribution in [0.3, 0.4) is 0 Å². The Hall–Kier alpha value is -0.960. The predicted octanol–water partition coefficient (Wildman–Crippen LogP) is 1.62. The minimum Gasteiger partial charge on any atom is -0.340 e. The molecule has 2 heterocycles. The van der Waals surface area contributed by atoms with E-state index in [1.165, 1.54) is 4.31 Å². The molecule has 2 aliphatic heterocycles. The Bertz CT molecular complexity index is 732. The summed E-state index contributed by atoms with van der Waals surface area (Å²) in [6.07, 6.45) is 1.48. The molecule has 1 atom stereocenters. The van der Waals surface area contributed by atoms with E-state index < -0.39 is 10.0 Å². The zero-order valence-electron chi connectivity index (χ0n) is 14.4. The number of likely N-dealkylation sites (N-methyl/N-ethyl adjacent to an activating group) is 1. The summed E-state index contributed by atoms with van der Waals surface area (Å²) in [5.41, 5.74) is 0. The molecule has 0 spiro atoms. The van der Waals surface area contributed by atoms with Crippen molar-refractivity contribution in [1.29, 1.82) is 0 Å². The molecule has 0 N–H and O–H groups in total. The first kappa shape index (κ1) is 18.8. The fourth-order valence-corrected chi connectivity index (χ4v) is 5.54. The normalized spacial score (nSPS) is 23.6. The van der Waals surface area contributed by atoms with E-state index in [9.17, 15) is 13.2 Å². The third kappa shape index (κ3) is 4.24. The number of piperazine rings is 1. The third-order valence-corrected chi connectivity index (χ3v) is 7.34. The van der Waals surface area contributed by atoms with Crippen molar-refractivity contribution in [1.82, 2.24) is 14.1 Å². The highest BCUT2D eigenvalue weighted by Gasteiger charge is 2.35. The highest BCUT2D eigenvalue weighted by molar-refractivity contribution is 9.10. The smallest absolute Gasteiger partial charge is 0.243 e. The van der Waals surface area contributed by atoms with E-state index in [2.05, 4.69) is 27.9 Å². The van der Waals surface area contributed by atoms with Crippen LogP contribution in [0.15, 0.2) is 33.6 Å². The number of carbonyl (C=O) groups excluding carboxylic acids is 1. The van der Waals surface area contributed by atoms with E-state index in [1.54, 1.807) is 24.3 Å². The largest absolute Gasteiger partial charge is 0.340 e. The summed E-state index contributed by atoms with van der Waals surface area (Å²) >= 11 is 3.32. The van der Waals surface area contributed by atoms with Crippen LogP contribution in [0.1, 0.15) is 12.8 Å². The Morgan fingerprint density at radius 2 is 1.88 bits per heavy atom. The van der Waals surface area contributed by atoms with Gasteiger partial charge in [0.05, 0.1) is 10.8 Å². The fraction of sp³-hybridized carbons (Fsp3) is 0.588. The molecule has 1 amide bonds. The number of nitrogens with zero attached hydrogens (tertiary/aromatic N) is 3. The zero-order valence-corrected chi connectivity index (χ0v) is 16.8. The SMILES string of the molecule is CN1CCN(C(=O)C2CCCN(S(=O)(=O)c3cccc(Br)c3)C2)CC1. The second kappa shape index (κ2) is 7.73. The van der Waals surface area contributed by atoms with Crippen molar-refractivity contribution in [3.05, 3.63) is 28.7 Å². The number of hydrogen-bond donors (Lipinski definition) is 0. The Morgan fingerprint density at radius 3 is 2.56 bits per heavy atom. The second-order valence-corrected chi connectivity index (χ2v) is 9.64. The molecule has 0 aromatic heterocycles. The molecular formula is C17H24BrN3O3S. The van der Waals surface area contributed by atoms with Gasteiger partial charge in [-0.25, -0.2) is 8.42 Å². The summed E-state index contributed by atoms with van der Waals surface area (Å²) in [6, 6.07) is 6.73. The Balaban J connectivity index is 1.71. The summed E-state index contributed by atoms with van der Waals surface area (Å²) in [5.74, 6) is -0.138. The summed E-state index contributed by atoms with van der Waals surface area (Å²) in [7, 11) is -1.52. The van der Waals surface area contributed by atoms with Gasteiger partial charge in [0.1, 0.15) is 0 Å². The van der Waals surface area contributed by atoms with Gasteiger partial charge < -0.3 is 9.80 Å². The Labute approximate surface area is 158 Å². The van der Waals surface area contributed by atoms with E-state index >= 15 is 0 Å². The first-order valence-corrected chi connectivity index (χ1v) is 10.8. The number of benzene rings is 1. The highest BCUT2D eigenvalue weighted by atomic mass is 79.9. The van der Waals surface area contributed by atoms with Crippen LogP contribution in [0.4, 0.5) is 0 Å². The van der Waals surface area contributed by atoms with E-state index in [1.807, 2.05) is 4.90 Å². The molecule has 0 saturated carbocycles. The number of sulfonamides is 1.